The molecule has 0 spiro atoms. The highest BCUT2D eigenvalue weighted by Crippen LogP contribution is 2.44. The maximum atomic E-state index is 6.03. The third-order valence-corrected chi connectivity index (χ3v) is 4.79. The van der Waals surface area contributed by atoms with Gasteiger partial charge in [-0.1, -0.05) is 36.6 Å². The molecule has 0 aromatic heterocycles. The summed E-state index contributed by atoms with van der Waals surface area (Å²) in [5.74, 6) is 0. The third-order valence-electron chi connectivity index (χ3n) is 4.53. The van der Waals surface area contributed by atoms with Crippen molar-refractivity contribution in [3.8, 4) is 0 Å². The lowest BCUT2D eigenvalue weighted by Crippen LogP contribution is -2.53. The molecule has 98 valence electrons. The topological polar surface area (TPSA) is 15.3 Å². The van der Waals surface area contributed by atoms with E-state index in [4.69, 9.17) is 11.6 Å². The van der Waals surface area contributed by atoms with Crippen LogP contribution < -0.4 is 5.32 Å². The number of piperazine rings is 1. The molecular formula is C15H21ClN2. The van der Waals surface area contributed by atoms with Crippen LogP contribution >= 0.6 is 11.6 Å². The fourth-order valence-electron chi connectivity index (χ4n) is 3.60. The lowest BCUT2D eigenvalue weighted by atomic mass is 9.85. The lowest BCUT2D eigenvalue weighted by Gasteiger charge is -2.44. The Balaban J connectivity index is 1.92. The predicted octanol–water partition coefficient (Wildman–Crippen LogP) is 3.01. The Morgan fingerprint density at radius 2 is 1.61 bits per heavy atom. The van der Waals surface area contributed by atoms with Crippen LogP contribution in [0.15, 0.2) is 24.3 Å². The van der Waals surface area contributed by atoms with Gasteiger partial charge in [0.05, 0.1) is 0 Å². The molecule has 18 heavy (non-hydrogen) atoms. The van der Waals surface area contributed by atoms with E-state index in [1.807, 2.05) is 12.1 Å². The number of nitrogens with zero attached hydrogens (tertiary/aromatic N) is 1. The molecule has 1 aliphatic heterocycles. The molecule has 3 heteroatoms. The zero-order valence-electron chi connectivity index (χ0n) is 10.8. The van der Waals surface area contributed by atoms with Gasteiger partial charge in [-0.15, -0.1) is 0 Å². The highest BCUT2D eigenvalue weighted by atomic mass is 35.5. The van der Waals surface area contributed by atoms with Gasteiger partial charge in [0.1, 0.15) is 0 Å². The highest BCUT2D eigenvalue weighted by molar-refractivity contribution is 6.30. The molecule has 1 saturated carbocycles. The molecule has 3 rings (SSSR count). The first-order valence-corrected chi connectivity index (χ1v) is 7.41. The van der Waals surface area contributed by atoms with E-state index in [1.54, 1.807) is 0 Å². The molecule has 0 unspecified atom stereocenters. The Bertz CT molecular complexity index is 389. The van der Waals surface area contributed by atoms with Crippen LogP contribution in [0.5, 0.6) is 0 Å². The number of benzene rings is 1. The molecule has 1 aromatic rings. The SMILES string of the molecule is Clc1ccc(C2(N3CCNCC3)CCCC2)cc1. The van der Waals surface area contributed by atoms with Crippen LogP contribution in [0, 0.1) is 0 Å². The summed E-state index contributed by atoms with van der Waals surface area (Å²) in [6.07, 6.45) is 5.31. The molecule has 0 amide bonds. The van der Waals surface area contributed by atoms with Gasteiger partial charge in [-0.05, 0) is 30.5 Å². The summed E-state index contributed by atoms with van der Waals surface area (Å²) in [4.78, 5) is 2.69. The molecule has 1 saturated heterocycles. The summed E-state index contributed by atoms with van der Waals surface area (Å²) < 4.78 is 0. The average molecular weight is 265 g/mol. The first-order chi connectivity index (χ1) is 8.81. The van der Waals surface area contributed by atoms with Crippen molar-refractivity contribution in [3.05, 3.63) is 34.9 Å². The number of hydrogen-bond acceptors (Lipinski definition) is 2. The second kappa shape index (κ2) is 5.20. The Labute approximate surface area is 114 Å². The molecule has 0 bridgehead atoms. The quantitative estimate of drug-likeness (QED) is 0.883. The second-order valence-corrected chi connectivity index (χ2v) is 5.92. The molecule has 2 nitrogen and oxygen atoms in total. The van der Waals surface area contributed by atoms with Crippen LogP contribution in [0.1, 0.15) is 31.2 Å². The van der Waals surface area contributed by atoms with Crippen molar-refractivity contribution in [1.82, 2.24) is 10.2 Å². The Morgan fingerprint density at radius 3 is 2.22 bits per heavy atom. The molecular weight excluding hydrogens is 244 g/mol. The van der Waals surface area contributed by atoms with E-state index in [-0.39, 0.29) is 5.54 Å². The highest BCUT2D eigenvalue weighted by Gasteiger charge is 2.41. The molecule has 1 aromatic carbocycles. The molecule has 0 atom stereocenters. The number of nitrogens with one attached hydrogen (secondary N) is 1. The van der Waals surface area contributed by atoms with Gasteiger partial charge < -0.3 is 5.32 Å². The van der Waals surface area contributed by atoms with Crippen LogP contribution in [0.25, 0.3) is 0 Å². The fraction of sp³-hybridized carbons (Fsp3) is 0.600. The normalized spacial score (nSPS) is 24.3. The van der Waals surface area contributed by atoms with Gasteiger partial charge in [0, 0.05) is 36.7 Å². The largest absolute Gasteiger partial charge is 0.314 e. The van der Waals surface area contributed by atoms with Crippen molar-refractivity contribution in [3.63, 3.8) is 0 Å². The average Bonchev–Trinajstić information content (AvgIpc) is 2.91. The smallest absolute Gasteiger partial charge is 0.0461 e. The Morgan fingerprint density at radius 1 is 1.00 bits per heavy atom. The fourth-order valence-corrected chi connectivity index (χ4v) is 3.73. The number of halogens is 1. The van der Waals surface area contributed by atoms with Crippen LogP contribution in [-0.2, 0) is 5.54 Å². The van der Waals surface area contributed by atoms with Crippen molar-refractivity contribution in [1.29, 1.82) is 0 Å². The minimum Gasteiger partial charge on any atom is -0.314 e. The maximum Gasteiger partial charge on any atom is 0.0461 e. The zero-order valence-corrected chi connectivity index (χ0v) is 11.5. The minimum absolute atomic E-state index is 0.284. The summed E-state index contributed by atoms with van der Waals surface area (Å²) in [5, 5.41) is 4.29. The Hall–Kier alpha value is -0.570. The summed E-state index contributed by atoms with van der Waals surface area (Å²) in [5.41, 5.74) is 1.75. The van der Waals surface area contributed by atoms with Crippen molar-refractivity contribution >= 4 is 11.6 Å². The van der Waals surface area contributed by atoms with Crippen LogP contribution in [-0.4, -0.2) is 31.1 Å². The van der Waals surface area contributed by atoms with Gasteiger partial charge in [0.2, 0.25) is 0 Å². The standard InChI is InChI=1S/C15H21ClN2/c16-14-5-3-13(4-6-14)15(7-1-2-8-15)18-11-9-17-10-12-18/h3-6,17H,1-2,7-12H2. The van der Waals surface area contributed by atoms with Crippen molar-refractivity contribution < 1.29 is 0 Å². The Kier molecular flexibility index (Phi) is 3.60. The van der Waals surface area contributed by atoms with E-state index in [0.717, 1.165) is 18.1 Å². The minimum atomic E-state index is 0.284. The lowest BCUT2D eigenvalue weighted by molar-refractivity contribution is 0.0757. The molecule has 1 N–H and O–H groups in total. The molecule has 1 aliphatic carbocycles. The van der Waals surface area contributed by atoms with Crippen molar-refractivity contribution in [2.24, 2.45) is 0 Å². The molecule has 0 radical (unpaired) electrons. The van der Waals surface area contributed by atoms with E-state index >= 15 is 0 Å². The van der Waals surface area contributed by atoms with E-state index in [0.29, 0.717) is 0 Å². The maximum absolute atomic E-state index is 6.03. The van der Waals surface area contributed by atoms with Gasteiger partial charge in [0.25, 0.3) is 0 Å². The van der Waals surface area contributed by atoms with Gasteiger partial charge in [-0.2, -0.15) is 0 Å². The first-order valence-electron chi connectivity index (χ1n) is 7.03. The zero-order chi connectivity index (χ0) is 12.4. The van der Waals surface area contributed by atoms with Crippen molar-refractivity contribution in [2.45, 2.75) is 31.2 Å². The third kappa shape index (κ3) is 2.18. The summed E-state index contributed by atoms with van der Waals surface area (Å²) in [6, 6.07) is 8.55. The molecule has 1 heterocycles. The number of rotatable bonds is 2. The monoisotopic (exact) mass is 264 g/mol. The number of hydrogen-bond donors (Lipinski definition) is 1. The van der Waals surface area contributed by atoms with E-state index < -0.39 is 0 Å². The van der Waals surface area contributed by atoms with Gasteiger partial charge >= 0.3 is 0 Å². The van der Waals surface area contributed by atoms with E-state index in [2.05, 4.69) is 22.3 Å². The van der Waals surface area contributed by atoms with Crippen molar-refractivity contribution in [2.75, 3.05) is 26.2 Å². The summed E-state index contributed by atoms with van der Waals surface area (Å²) in [6.45, 7) is 4.58. The van der Waals surface area contributed by atoms with Crippen LogP contribution in [0.4, 0.5) is 0 Å². The summed E-state index contributed by atoms with van der Waals surface area (Å²) in [7, 11) is 0. The predicted molar refractivity (Wildman–Crippen MR) is 76.0 cm³/mol. The van der Waals surface area contributed by atoms with Crippen LogP contribution in [0.2, 0.25) is 5.02 Å². The molecule has 2 fully saturated rings. The van der Waals surface area contributed by atoms with Crippen LogP contribution in [0.3, 0.4) is 0 Å². The second-order valence-electron chi connectivity index (χ2n) is 5.48. The van der Waals surface area contributed by atoms with Gasteiger partial charge in [-0.25, -0.2) is 0 Å². The van der Waals surface area contributed by atoms with E-state index in [9.17, 15) is 0 Å². The summed E-state index contributed by atoms with van der Waals surface area (Å²) >= 11 is 6.03. The first kappa shape index (κ1) is 12.5. The van der Waals surface area contributed by atoms with Gasteiger partial charge in [-0.3, -0.25) is 4.90 Å². The van der Waals surface area contributed by atoms with Gasteiger partial charge in [0.15, 0.2) is 0 Å². The van der Waals surface area contributed by atoms with E-state index in [1.165, 1.54) is 44.3 Å². The molecule has 2 aliphatic rings.